The highest BCUT2D eigenvalue weighted by atomic mass is 32.1. The predicted molar refractivity (Wildman–Crippen MR) is 118 cm³/mol. The van der Waals surface area contributed by atoms with Gasteiger partial charge in [-0.25, -0.2) is 4.39 Å². The Kier molecular flexibility index (Phi) is 4.77. The molecule has 5 rings (SSSR count). The molecule has 0 aliphatic carbocycles. The molecule has 6 heteroatoms. The predicted octanol–water partition coefficient (Wildman–Crippen LogP) is 5.66. The first-order valence-electron chi connectivity index (χ1n) is 9.62. The van der Waals surface area contributed by atoms with Gasteiger partial charge in [-0.15, -0.1) is 0 Å². The van der Waals surface area contributed by atoms with Gasteiger partial charge in [0.15, 0.2) is 5.11 Å². The van der Waals surface area contributed by atoms with E-state index in [-0.39, 0.29) is 17.9 Å². The fourth-order valence-electron chi connectivity index (χ4n) is 3.79. The molecule has 0 saturated carbocycles. The van der Waals surface area contributed by atoms with Crippen LogP contribution in [0, 0.1) is 5.82 Å². The number of halogens is 1. The van der Waals surface area contributed by atoms with E-state index in [0.29, 0.717) is 5.11 Å². The van der Waals surface area contributed by atoms with Crippen LogP contribution in [0.1, 0.15) is 23.5 Å². The molecule has 2 atom stereocenters. The molecule has 3 heterocycles. The van der Waals surface area contributed by atoms with Crippen molar-refractivity contribution in [3.63, 3.8) is 0 Å². The lowest BCUT2D eigenvalue weighted by molar-refractivity contribution is 0.439. The lowest BCUT2D eigenvalue weighted by Crippen LogP contribution is -2.29. The van der Waals surface area contributed by atoms with Gasteiger partial charge in [-0.3, -0.25) is 4.98 Å². The number of nitrogens with zero attached hydrogens (tertiary/aromatic N) is 2. The number of hydrogen-bond acceptors (Lipinski definition) is 3. The fraction of sp³-hybridized carbons (Fsp3) is 0.0833. The number of rotatable bonds is 4. The van der Waals surface area contributed by atoms with E-state index in [0.717, 1.165) is 28.5 Å². The Morgan fingerprint density at radius 2 is 1.67 bits per heavy atom. The summed E-state index contributed by atoms with van der Waals surface area (Å²) >= 11 is 5.66. The van der Waals surface area contributed by atoms with Crippen LogP contribution < -0.4 is 10.2 Å². The highest BCUT2D eigenvalue weighted by molar-refractivity contribution is 7.80. The second-order valence-corrected chi connectivity index (χ2v) is 7.43. The highest BCUT2D eigenvalue weighted by Crippen LogP contribution is 2.42. The molecule has 1 N–H and O–H groups in total. The van der Waals surface area contributed by atoms with Gasteiger partial charge in [-0.1, -0.05) is 36.4 Å². The standard InChI is InChI=1S/C24H18FN3OS/c25-17-9-11-18(12-10-17)28-23(22(27-24(28)30)19-8-4-5-15-26-19)21-14-13-20(29-21)16-6-2-1-3-7-16/h1-15,22-23H,(H,27,30)/t22-,23-/m0/s1. The zero-order valence-corrected chi connectivity index (χ0v) is 16.7. The van der Waals surface area contributed by atoms with Crippen LogP contribution in [0.25, 0.3) is 11.3 Å². The van der Waals surface area contributed by atoms with E-state index >= 15 is 0 Å². The van der Waals surface area contributed by atoms with Gasteiger partial charge in [0.25, 0.3) is 0 Å². The van der Waals surface area contributed by atoms with Crippen molar-refractivity contribution < 1.29 is 8.81 Å². The second-order valence-electron chi connectivity index (χ2n) is 7.04. The van der Waals surface area contributed by atoms with E-state index in [1.807, 2.05) is 65.6 Å². The van der Waals surface area contributed by atoms with Gasteiger partial charge in [0.05, 0.1) is 11.7 Å². The molecule has 0 spiro atoms. The van der Waals surface area contributed by atoms with Gasteiger partial charge < -0.3 is 14.6 Å². The summed E-state index contributed by atoms with van der Waals surface area (Å²) in [5.41, 5.74) is 2.64. The van der Waals surface area contributed by atoms with E-state index in [4.69, 9.17) is 16.6 Å². The van der Waals surface area contributed by atoms with Crippen molar-refractivity contribution in [2.24, 2.45) is 0 Å². The summed E-state index contributed by atoms with van der Waals surface area (Å²) in [6.07, 6.45) is 1.76. The van der Waals surface area contributed by atoms with Crippen LogP contribution in [0.4, 0.5) is 10.1 Å². The van der Waals surface area contributed by atoms with E-state index in [1.165, 1.54) is 12.1 Å². The van der Waals surface area contributed by atoms with Gasteiger partial charge in [-0.2, -0.15) is 0 Å². The van der Waals surface area contributed by atoms with Gasteiger partial charge in [-0.05, 0) is 60.7 Å². The molecule has 30 heavy (non-hydrogen) atoms. The number of pyridine rings is 1. The number of nitrogens with one attached hydrogen (secondary N) is 1. The van der Waals surface area contributed by atoms with E-state index in [1.54, 1.807) is 18.3 Å². The van der Waals surface area contributed by atoms with Crippen LogP contribution in [-0.4, -0.2) is 10.1 Å². The first-order valence-corrected chi connectivity index (χ1v) is 10.0. The third-order valence-electron chi connectivity index (χ3n) is 5.18. The van der Waals surface area contributed by atoms with Crippen molar-refractivity contribution in [2.45, 2.75) is 12.1 Å². The molecule has 148 valence electrons. The molecule has 2 aromatic carbocycles. The first kappa shape index (κ1) is 18.5. The van der Waals surface area contributed by atoms with E-state index < -0.39 is 0 Å². The number of thiocarbonyl (C=S) groups is 1. The van der Waals surface area contributed by atoms with Crippen LogP contribution in [0.5, 0.6) is 0 Å². The summed E-state index contributed by atoms with van der Waals surface area (Å²) < 4.78 is 19.8. The minimum Gasteiger partial charge on any atom is -0.459 e. The van der Waals surface area contributed by atoms with Crippen LogP contribution in [0.15, 0.2) is 95.5 Å². The van der Waals surface area contributed by atoms with Crippen molar-refractivity contribution in [2.75, 3.05) is 4.90 Å². The molecular weight excluding hydrogens is 397 g/mol. The van der Waals surface area contributed by atoms with Gasteiger partial charge in [0.1, 0.15) is 23.4 Å². The van der Waals surface area contributed by atoms with E-state index in [2.05, 4.69) is 10.3 Å². The fourth-order valence-corrected chi connectivity index (χ4v) is 4.14. The SMILES string of the molecule is Fc1ccc(N2C(=S)N[C@@H](c3ccccn3)[C@@H]2c2ccc(-c3ccccc3)o2)cc1. The molecule has 1 aliphatic rings. The van der Waals surface area contributed by atoms with Crippen molar-refractivity contribution in [1.29, 1.82) is 0 Å². The molecule has 1 saturated heterocycles. The van der Waals surface area contributed by atoms with Gasteiger partial charge in [0, 0.05) is 17.4 Å². The molecule has 0 amide bonds. The Balaban J connectivity index is 1.60. The maximum Gasteiger partial charge on any atom is 0.174 e. The molecular formula is C24H18FN3OS. The Bertz CT molecular complexity index is 1160. The third-order valence-corrected chi connectivity index (χ3v) is 5.49. The Morgan fingerprint density at radius 1 is 0.900 bits per heavy atom. The summed E-state index contributed by atoms with van der Waals surface area (Å²) in [6, 6.07) is 25.5. The Hall–Kier alpha value is -3.51. The number of benzene rings is 2. The molecule has 2 aromatic heterocycles. The Morgan fingerprint density at radius 3 is 2.40 bits per heavy atom. The lowest BCUT2D eigenvalue weighted by Gasteiger charge is -2.26. The molecule has 0 radical (unpaired) electrons. The summed E-state index contributed by atoms with van der Waals surface area (Å²) in [7, 11) is 0. The number of hydrogen-bond donors (Lipinski definition) is 1. The van der Waals surface area contributed by atoms with Gasteiger partial charge >= 0.3 is 0 Å². The molecule has 1 aliphatic heterocycles. The minimum atomic E-state index is -0.293. The van der Waals surface area contributed by atoms with Crippen LogP contribution in [-0.2, 0) is 0 Å². The molecule has 1 fully saturated rings. The summed E-state index contributed by atoms with van der Waals surface area (Å²) in [4.78, 5) is 6.49. The quantitative estimate of drug-likeness (QED) is 0.436. The molecule has 0 unspecified atom stereocenters. The van der Waals surface area contributed by atoms with Crippen molar-refractivity contribution >= 4 is 23.0 Å². The lowest BCUT2D eigenvalue weighted by atomic mass is 10.0. The zero-order chi connectivity index (χ0) is 20.5. The van der Waals surface area contributed by atoms with Crippen LogP contribution in [0.2, 0.25) is 0 Å². The normalized spacial score (nSPS) is 18.4. The third kappa shape index (κ3) is 3.35. The molecule has 4 aromatic rings. The summed E-state index contributed by atoms with van der Waals surface area (Å²) in [5, 5.41) is 3.91. The number of furan rings is 1. The maximum absolute atomic E-state index is 13.5. The largest absolute Gasteiger partial charge is 0.459 e. The van der Waals surface area contributed by atoms with Crippen molar-refractivity contribution in [3.05, 3.63) is 108 Å². The van der Waals surface area contributed by atoms with Crippen molar-refractivity contribution in [1.82, 2.24) is 10.3 Å². The second kappa shape index (κ2) is 7.72. The smallest absolute Gasteiger partial charge is 0.174 e. The Labute approximate surface area is 179 Å². The van der Waals surface area contributed by atoms with Gasteiger partial charge in [0.2, 0.25) is 0 Å². The summed E-state index contributed by atoms with van der Waals surface area (Å²) in [6.45, 7) is 0. The van der Waals surface area contributed by atoms with E-state index in [9.17, 15) is 4.39 Å². The number of aromatic nitrogens is 1. The topological polar surface area (TPSA) is 41.3 Å². The minimum absolute atomic E-state index is 0.210. The summed E-state index contributed by atoms with van der Waals surface area (Å²) in [5.74, 6) is 1.24. The first-order chi connectivity index (χ1) is 14.7. The zero-order valence-electron chi connectivity index (χ0n) is 15.9. The van der Waals surface area contributed by atoms with Crippen molar-refractivity contribution in [3.8, 4) is 11.3 Å². The van der Waals surface area contributed by atoms with Crippen LogP contribution >= 0.6 is 12.2 Å². The maximum atomic E-state index is 13.5. The monoisotopic (exact) mass is 415 g/mol. The number of anilines is 1. The van der Waals surface area contributed by atoms with Crippen LogP contribution in [0.3, 0.4) is 0 Å². The highest BCUT2D eigenvalue weighted by Gasteiger charge is 2.42. The molecule has 4 nitrogen and oxygen atoms in total. The average molecular weight is 415 g/mol. The average Bonchev–Trinajstić information content (AvgIpc) is 3.40. The molecule has 0 bridgehead atoms.